The van der Waals surface area contributed by atoms with E-state index in [1.807, 2.05) is 24.3 Å². The molecule has 1 unspecified atom stereocenters. The predicted octanol–water partition coefficient (Wildman–Crippen LogP) is 2.42. The molecule has 1 atom stereocenters. The maximum Gasteiger partial charge on any atom is 0.304 e. The van der Waals surface area contributed by atoms with Crippen molar-refractivity contribution in [3.8, 4) is 6.07 Å². The summed E-state index contributed by atoms with van der Waals surface area (Å²) in [4.78, 5) is 12.2. The van der Waals surface area contributed by atoms with Crippen LogP contribution in [-0.2, 0) is 4.79 Å². The zero-order valence-electron chi connectivity index (χ0n) is 9.43. The third kappa shape index (κ3) is 3.84. The van der Waals surface area contributed by atoms with Gasteiger partial charge in [0.15, 0.2) is 0 Å². The molecule has 4 nitrogen and oxygen atoms in total. The first-order chi connectivity index (χ1) is 8.06. The second kappa shape index (κ2) is 6.38. The maximum absolute atomic E-state index is 10.5. The summed E-state index contributed by atoms with van der Waals surface area (Å²) in [6.07, 6.45) is 0.0269. The Labute approximate surface area is 109 Å². The molecule has 90 valence electrons. The van der Waals surface area contributed by atoms with Crippen molar-refractivity contribution in [1.29, 1.82) is 5.26 Å². The minimum absolute atomic E-state index is 0.0269. The molecule has 0 fully saturated rings. The summed E-state index contributed by atoms with van der Waals surface area (Å²) in [5, 5.41) is 17.8. The lowest BCUT2D eigenvalue weighted by atomic mass is 10.1. The third-order valence-corrected chi connectivity index (χ3v) is 3.16. The number of hydrogen-bond donors (Lipinski definition) is 1. The smallest absolute Gasteiger partial charge is 0.304 e. The highest BCUT2D eigenvalue weighted by atomic mass is 79.9. The first-order valence-corrected chi connectivity index (χ1v) is 5.91. The van der Waals surface area contributed by atoms with E-state index >= 15 is 0 Å². The minimum Gasteiger partial charge on any atom is -0.481 e. The molecule has 1 aromatic carbocycles. The normalized spacial score (nSPS) is 12.1. The fourth-order valence-electron chi connectivity index (χ4n) is 1.50. The van der Waals surface area contributed by atoms with Crippen LogP contribution >= 0.6 is 15.9 Å². The zero-order valence-corrected chi connectivity index (χ0v) is 11.0. The fourth-order valence-corrected chi connectivity index (χ4v) is 2.01. The van der Waals surface area contributed by atoms with E-state index in [1.165, 1.54) is 0 Å². The molecule has 0 radical (unpaired) electrons. The van der Waals surface area contributed by atoms with E-state index in [9.17, 15) is 10.1 Å². The standard InChI is InChI=1S/C12H13BrN2O2/c1-15(7-6-12(16)17)11(8-14)9-4-2-3-5-10(9)13/h2-5,11H,6-7H2,1H3,(H,16,17). The van der Waals surface area contributed by atoms with Crippen LogP contribution in [0.25, 0.3) is 0 Å². The molecule has 0 aromatic heterocycles. The third-order valence-electron chi connectivity index (χ3n) is 2.44. The van der Waals surface area contributed by atoms with E-state index in [0.717, 1.165) is 10.0 Å². The molecular weight excluding hydrogens is 284 g/mol. The van der Waals surface area contributed by atoms with E-state index in [-0.39, 0.29) is 6.42 Å². The maximum atomic E-state index is 10.5. The summed E-state index contributed by atoms with van der Waals surface area (Å²) in [7, 11) is 1.75. The average molecular weight is 297 g/mol. The number of nitriles is 1. The molecule has 5 heteroatoms. The van der Waals surface area contributed by atoms with Gasteiger partial charge in [0.2, 0.25) is 0 Å². The Balaban J connectivity index is 2.82. The van der Waals surface area contributed by atoms with Gasteiger partial charge < -0.3 is 5.11 Å². The highest BCUT2D eigenvalue weighted by Gasteiger charge is 2.18. The van der Waals surface area contributed by atoms with Gasteiger partial charge >= 0.3 is 5.97 Å². The summed E-state index contributed by atoms with van der Waals surface area (Å²) in [6, 6.07) is 9.20. The van der Waals surface area contributed by atoms with E-state index in [2.05, 4.69) is 22.0 Å². The lowest BCUT2D eigenvalue weighted by Crippen LogP contribution is -2.26. The topological polar surface area (TPSA) is 64.3 Å². The van der Waals surface area contributed by atoms with Gasteiger partial charge in [0.25, 0.3) is 0 Å². The second-order valence-corrected chi connectivity index (χ2v) is 4.53. The Kier molecular flexibility index (Phi) is 5.13. The lowest BCUT2D eigenvalue weighted by Gasteiger charge is -2.22. The molecule has 1 rings (SSSR count). The van der Waals surface area contributed by atoms with Crippen molar-refractivity contribution in [2.75, 3.05) is 13.6 Å². The molecule has 0 spiro atoms. The van der Waals surface area contributed by atoms with Crippen LogP contribution in [0, 0.1) is 11.3 Å². The van der Waals surface area contributed by atoms with Crippen LogP contribution in [0.15, 0.2) is 28.7 Å². The molecule has 0 aliphatic heterocycles. The Morgan fingerprint density at radius 1 is 1.59 bits per heavy atom. The first-order valence-electron chi connectivity index (χ1n) is 5.12. The van der Waals surface area contributed by atoms with Crippen LogP contribution in [0.5, 0.6) is 0 Å². The number of halogens is 1. The Morgan fingerprint density at radius 2 is 2.24 bits per heavy atom. The summed E-state index contributed by atoms with van der Waals surface area (Å²) in [5.74, 6) is -0.860. The molecule has 1 N–H and O–H groups in total. The highest BCUT2D eigenvalue weighted by molar-refractivity contribution is 9.10. The quantitative estimate of drug-likeness (QED) is 0.906. The number of nitrogens with zero attached hydrogens (tertiary/aromatic N) is 2. The van der Waals surface area contributed by atoms with Gasteiger partial charge in [-0.2, -0.15) is 5.26 Å². The first kappa shape index (κ1) is 13.7. The van der Waals surface area contributed by atoms with Crippen LogP contribution < -0.4 is 0 Å². The second-order valence-electron chi connectivity index (χ2n) is 3.68. The largest absolute Gasteiger partial charge is 0.481 e. The summed E-state index contributed by atoms with van der Waals surface area (Å²) < 4.78 is 0.855. The number of carbonyl (C=O) groups is 1. The molecule has 17 heavy (non-hydrogen) atoms. The van der Waals surface area contributed by atoms with Crippen LogP contribution in [0.3, 0.4) is 0 Å². The van der Waals surface area contributed by atoms with Crippen molar-refractivity contribution >= 4 is 21.9 Å². The summed E-state index contributed by atoms with van der Waals surface area (Å²) in [5.41, 5.74) is 0.850. The van der Waals surface area contributed by atoms with Crippen molar-refractivity contribution in [2.24, 2.45) is 0 Å². The fraction of sp³-hybridized carbons (Fsp3) is 0.333. The lowest BCUT2D eigenvalue weighted by molar-refractivity contribution is -0.137. The molecule has 0 aliphatic carbocycles. The number of rotatable bonds is 5. The molecule has 0 amide bonds. The zero-order chi connectivity index (χ0) is 12.8. The van der Waals surface area contributed by atoms with Crippen LogP contribution in [0.2, 0.25) is 0 Å². The predicted molar refractivity (Wildman–Crippen MR) is 67.4 cm³/mol. The molecule has 1 aromatic rings. The summed E-state index contributed by atoms with van der Waals surface area (Å²) >= 11 is 3.39. The van der Waals surface area contributed by atoms with Gasteiger partial charge in [-0.15, -0.1) is 0 Å². The van der Waals surface area contributed by atoms with Crippen molar-refractivity contribution < 1.29 is 9.90 Å². The molecule has 0 saturated carbocycles. The van der Waals surface area contributed by atoms with E-state index < -0.39 is 12.0 Å². The van der Waals surface area contributed by atoms with Crippen molar-refractivity contribution in [1.82, 2.24) is 4.90 Å². The Hall–Kier alpha value is -1.38. The number of hydrogen-bond acceptors (Lipinski definition) is 3. The van der Waals surface area contributed by atoms with Crippen LogP contribution in [-0.4, -0.2) is 29.6 Å². The Bertz CT molecular complexity index is 442. The van der Waals surface area contributed by atoms with Gasteiger partial charge in [-0.1, -0.05) is 34.1 Å². The Morgan fingerprint density at radius 3 is 2.76 bits per heavy atom. The molecule has 0 heterocycles. The van der Waals surface area contributed by atoms with Gasteiger partial charge in [-0.3, -0.25) is 9.69 Å². The highest BCUT2D eigenvalue weighted by Crippen LogP contribution is 2.26. The van der Waals surface area contributed by atoms with Crippen molar-refractivity contribution in [2.45, 2.75) is 12.5 Å². The van der Waals surface area contributed by atoms with Crippen molar-refractivity contribution in [3.63, 3.8) is 0 Å². The van der Waals surface area contributed by atoms with Gasteiger partial charge in [0, 0.05) is 11.0 Å². The van der Waals surface area contributed by atoms with E-state index in [1.54, 1.807) is 11.9 Å². The van der Waals surface area contributed by atoms with E-state index in [4.69, 9.17) is 5.11 Å². The van der Waals surface area contributed by atoms with Gasteiger partial charge in [-0.05, 0) is 18.7 Å². The molecule has 0 aliphatic rings. The van der Waals surface area contributed by atoms with Crippen LogP contribution in [0.1, 0.15) is 18.0 Å². The number of carboxylic acids is 1. The molecule has 0 bridgehead atoms. The SMILES string of the molecule is CN(CCC(=O)O)C(C#N)c1ccccc1Br. The molecule has 0 saturated heterocycles. The number of carboxylic acid groups (broad SMARTS) is 1. The van der Waals surface area contributed by atoms with Crippen molar-refractivity contribution in [3.05, 3.63) is 34.3 Å². The molecular formula is C12H13BrN2O2. The summed E-state index contributed by atoms with van der Waals surface area (Å²) in [6.45, 7) is 0.342. The van der Waals surface area contributed by atoms with Crippen LogP contribution in [0.4, 0.5) is 0 Å². The van der Waals surface area contributed by atoms with E-state index in [0.29, 0.717) is 6.54 Å². The van der Waals surface area contributed by atoms with Gasteiger partial charge in [-0.25, -0.2) is 0 Å². The number of aliphatic carboxylic acids is 1. The monoisotopic (exact) mass is 296 g/mol. The minimum atomic E-state index is -0.860. The number of benzene rings is 1. The van der Waals surface area contributed by atoms with Gasteiger partial charge in [0.05, 0.1) is 12.5 Å². The van der Waals surface area contributed by atoms with Gasteiger partial charge in [0.1, 0.15) is 6.04 Å². The average Bonchev–Trinajstić information content (AvgIpc) is 2.30.